The average Bonchev–Trinajstić information content (AvgIpc) is 3.03. The van der Waals surface area contributed by atoms with Gasteiger partial charge in [0.05, 0.1) is 18.9 Å². The van der Waals surface area contributed by atoms with Gasteiger partial charge in [0, 0.05) is 6.42 Å². The second kappa shape index (κ2) is 24.0. The maximum Gasteiger partial charge on any atom is 0.325 e. The Bertz CT molecular complexity index is 1340. The van der Waals surface area contributed by atoms with Crippen LogP contribution in [-0.4, -0.2) is 118 Å². The van der Waals surface area contributed by atoms with Crippen molar-refractivity contribution < 1.29 is 58.2 Å². The van der Waals surface area contributed by atoms with E-state index in [2.05, 4.69) is 31.9 Å². The number of hydrogen-bond acceptors (Lipinski definition) is 12. The zero-order valence-electron chi connectivity index (χ0n) is 30.3. The van der Waals surface area contributed by atoms with Gasteiger partial charge in [-0.25, -0.2) is 0 Å². The molecule has 0 rings (SSSR count). The van der Waals surface area contributed by atoms with Crippen molar-refractivity contribution in [1.82, 2.24) is 31.9 Å². The molecule has 16 N–H and O–H groups in total. The Morgan fingerprint density at radius 3 is 1.36 bits per heavy atom. The van der Waals surface area contributed by atoms with Crippen LogP contribution in [0.15, 0.2) is 0 Å². The molecule has 22 nitrogen and oxygen atoms in total. The first kappa shape index (κ1) is 47.6. The standard InChI is InChI=1S/C31H54N10O12/c1-14(2)11-19(39-30(51)21(13-23(35)43)40-27(48)17(7-5-6-10-32)37-25(46)15(3)33)28(49)41-20(12-22(34)42)29(50)38-18(8-9-24(44)45)26(47)36-16(4)31(52)53/h14-21H,5-13,32-33H2,1-4H3,(H2,34,42)(H2,35,43)(H,36,47)(H,37,46)(H,38,50)(H,39,51)(H,40,48)(H,41,49)(H,44,45)(H,52,53). The number of nitrogens with one attached hydrogen (secondary N) is 6. The first-order valence-electron chi connectivity index (χ1n) is 16.9. The number of carbonyl (C=O) groups is 10. The number of primary amides is 2. The minimum absolute atomic E-state index is 0.0808. The minimum atomic E-state index is -1.77. The van der Waals surface area contributed by atoms with Crippen LogP contribution in [0.3, 0.4) is 0 Å². The summed E-state index contributed by atoms with van der Waals surface area (Å²) in [6.45, 7) is 6.18. The molecule has 0 spiro atoms. The van der Waals surface area contributed by atoms with Gasteiger partial charge in [0.1, 0.15) is 36.3 Å². The van der Waals surface area contributed by atoms with Crippen molar-refractivity contribution in [3.63, 3.8) is 0 Å². The van der Waals surface area contributed by atoms with Crippen LogP contribution < -0.4 is 54.8 Å². The quantitative estimate of drug-likeness (QED) is 0.0368. The smallest absolute Gasteiger partial charge is 0.325 e. The molecule has 7 atom stereocenters. The number of unbranched alkanes of at least 4 members (excludes halogenated alkanes) is 1. The van der Waals surface area contributed by atoms with Crippen LogP contribution in [0.5, 0.6) is 0 Å². The second-order valence-corrected chi connectivity index (χ2v) is 12.9. The van der Waals surface area contributed by atoms with Crippen LogP contribution in [0.25, 0.3) is 0 Å². The van der Waals surface area contributed by atoms with Gasteiger partial charge >= 0.3 is 11.9 Å². The maximum atomic E-state index is 13.5. The number of carboxylic acid groups (broad SMARTS) is 2. The molecule has 0 saturated heterocycles. The summed E-state index contributed by atoms with van der Waals surface area (Å²) < 4.78 is 0. The molecule has 22 heteroatoms. The molecule has 0 aromatic rings. The third-order valence-corrected chi connectivity index (χ3v) is 7.42. The van der Waals surface area contributed by atoms with Crippen molar-refractivity contribution in [2.75, 3.05) is 6.54 Å². The van der Waals surface area contributed by atoms with Crippen LogP contribution in [0.4, 0.5) is 0 Å². The van der Waals surface area contributed by atoms with Crippen molar-refractivity contribution in [2.24, 2.45) is 28.9 Å². The average molecular weight is 759 g/mol. The number of aliphatic carboxylic acids is 2. The Morgan fingerprint density at radius 2 is 0.943 bits per heavy atom. The van der Waals surface area contributed by atoms with Crippen molar-refractivity contribution in [2.45, 2.75) is 121 Å². The third-order valence-electron chi connectivity index (χ3n) is 7.42. The van der Waals surface area contributed by atoms with E-state index in [1.54, 1.807) is 13.8 Å². The molecule has 0 bridgehead atoms. The molecule has 0 aliphatic heterocycles. The highest BCUT2D eigenvalue weighted by molar-refractivity contribution is 5.99. The molecule has 0 saturated carbocycles. The highest BCUT2D eigenvalue weighted by atomic mass is 16.4. The topological polar surface area (TPSA) is 387 Å². The van der Waals surface area contributed by atoms with Gasteiger partial charge in [0.2, 0.25) is 47.3 Å². The first-order valence-corrected chi connectivity index (χ1v) is 16.9. The van der Waals surface area contributed by atoms with Crippen LogP contribution in [0.2, 0.25) is 0 Å². The summed E-state index contributed by atoms with van der Waals surface area (Å²) in [6.07, 6.45) is -1.75. The second-order valence-electron chi connectivity index (χ2n) is 12.9. The normalized spacial score (nSPS) is 14.8. The summed E-state index contributed by atoms with van der Waals surface area (Å²) in [4.78, 5) is 125. The van der Waals surface area contributed by atoms with E-state index in [1.165, 1.54) is 6.92 Å². The van der Waals surface area contributed by atoms with E-state index in [0.29, 0.717) is 19.4 Å². The van der Waals surface area contributed by atoms with Gasteiger partial charge < -0.3 is 65.0 Å². The van der Waals surface area contributed by atoms with Crippen molar-refractivity contribution in [3.8, 4) is 0 Å². The molecular weight excluding hydrogens is 704 g/mol. The molecule has 8 amide bonds. The molecule has 300 valence electrons. The van der Waals surface area contributed by atoms with Gasteiger partial charge in [-0.2, -0.15) is 0 Å². The van der Waals surface area contributed by atoms with Gasteiger partial charge in [0.15, 0.2) is 0 Å². The van der Waals surface area contributed by atoms with E-state index in [-0.39, 0.29) is 18.8 Å². The summed E-state index contributed by atoms with van der Waals surface area (Å²) >= 11 is 0. The molecule has 53 heavy (non-hydrogen) atoms. The van der Waals surface area contributed by atoms with Gasteiger partial charge in [-0.05, 0) is 58.4 Å². The zero-order valence-corrected chi connectivity index (χ0v) is 30.3. The number of hydrogen-bond donors (Lipinski definition) is 12. The van der Waals surface area contributed by atoms with E-state index >= 15 is 0 Å². The van der Waals surface area contributed by atoms with Gasteiger partial charge in [0.25, 0.3) is 0 Å². The fourth-order valence-electron chi connectivity index (χ4n) is 4.59. The Kier molecular flexibility index (Phi) is 21.5. The number of carboxylic acids is 2. The van der Waals surface area contributed by atoms with Crippen LogP contribution in [0.1, 0.15) is 79.1 Å². The predicted molar refractivity (Wildman–Crippen MR) is 185 cm³/mol. The van der Waals surface area contributed by atoms with Gasteiger partial charge in [-0.1, -0.05) is 13.8 Å². The lowest BCUT2D eigenvalue weighted by atomic mass is 10.0. The van der Waals surface area contributed by atoms with Crippen molar-refractivity contribution in [1.29, 1.82) is 0 Å². The maximum absolute atomic E-state index is 13.5. The third kappa shape index (κ3) is 19.7. The molecular formula is C31H54N10O12. The summed E-state index contributed by atoms with van der Waals surface area (Å²) in [7, 11) is 0. The van der Waals surface area contributed by atoms with E-state index < -0.39 is 127 Å². The molecule has 0 aromatic heterocycles. The Balaban J connectivity index is 6.29. The number of carbonyl (C=O) groups excluding carboxylic acids is 8. The largest absolute Gasteiger partial charge is 0.481 e. The van der Waals surface area contributed by atoms with E-state index in [1.807, 2.05) is 0 Å². The lowest BCUT2D eigenvalue weighted by Gasteiger charge is -2.27. The lowest BCUT2D eigenvalue weighted by Crippen LogP contribution is -2.60. The van der Waals surface area contributed by atoms with E-state index in [9.17, 15) is 47.9 Å². The SMILES string of the molecule is CC(C)CC(NC(=O)C(CC(N)=O)NC(=O)C(CCCCN)NC(=O)C(C)N)C(=O)NC(CC(N)=O)C(=O)NC(CCC(=O)O)C(=O)NC(C)C(=O)O. The monoisotopic (exact) mass is 758 g/mol. The molecule has 0 heterocycles. The highest BCUT2D eigenvalue weighted by Crippen LogP contribution is 2.09. The molecule has 0 aliphatic rings. The van der Waals surface area contributed by atoms with Gasteiger partial charge in [-0.15, -0.1) is 0 Å². The predicted octanol–water partition coefficient (Wildman–Crippen LogP) is -4.86. The molecule has 7 unspecified atom stereocenters. The first-order chi connectivity index (χ1) is 24.6. The van der Waals surface area contributed by atoms with Crippen LogP contribution in [-0.2, 0) is 47.9 Å². The Labute approximate surface area is 306 Å². The summed E-state index contributed by atoms with van der Waals surface area (Å²) in [5.41, 5.74) is 21.8. The zero-order chi connectivity index (χ0) is 41.0. The van der Waals surface area contributed by atoms with Crippen LogP contribution >= 0.6 is 0 Å². The summed E-state index contributed by atoms with van der Waals surface area (Å²) in [6, 6.07) is -10.1. The Morgan fingerprint density at radius 1 is 0.547 bits per heavy atom. The van der Waals surface area contributed by atoms with Crippen molar-refractivity contribution in [3.05, 3.63) is 0 Å². The summed E-state index contributed by atoms with van der Waals surface area (Å²) in [5, 5.41) is 32.0. The van der Waals surface area contributed by atoms with E-state index in [0.717, 1.165) is 6.92 Å². The number of amides is 8. The number of nitrogens with two attached hydrogens (primary N) is 4. The fourth-order valence-corrected chi connectivity index (χ4v) is 4.59. The van der Waals surface area contributed by atoms with Crippen molar-refractivity contribution >= 4 is 59.2 Å². The molecule has 0 fully saturated rings. The molecule has 0 radical (unpaired) electrons. The summed E-state index contributed by atoms with van der Waals surface area (Å²) in [5.74, 6) is -11.0. The number of rotatable bonds is 26. The Hall–Kier alpha value is -5.38. The minimum Gasteiger partial charge on any atom is -0.481 e. The fraction of sp³-hybridized carbons (Fsp3) is 0.677. The van der Waals surface area contributed by atoms with Gasteiger partial charge in [-0.3, -0.25) is 47.9 Å². The van der Waals surface area contributed by atoms with Crippen LogP contribution in [0, 0.1) is 5.92 Å². The molecule has 0 aromatic carbocycles. The highest BCUT2D eigenvalue weighted by Gasteiger charge is 2.34. The molecule has 0 aliphatic carbocycles. The van der Waals surface area contributed by atoms with E-state index in [4.69, 9.17) is 33.1 Å². The lowest BCUT2D eigenvalue weighted by molar-refractivity contribution is -0.142.